The quantitative estimate of drug-likeness (QED) is 0.595. The van der Waals surface area contributed by atoms with Gasteiger partial charge < -0.3 is 0 Å². The second-order valence-corrected chi connectivity index (χ2v) is 6.00. The zero-order valence-electron chi connectivity index (χ0n) is 12.0. The second kappa shape index (κ2) is 7.15. The van der Waals surface area contributed by atoms with Crippen molar-refractivity contribution in [2.24, 2.45) is 0 Å². The number of hydrogen-bond donors (Lipinski definition) is 0. The van der Waals surface area contributed by atoms with Crippen LogP contribution in [0, 0.1) is 0 Å². The van der Waals surface area contributed by atoms with Gasteiger partial charge in [-0.3, -0.25) is 0 Å². The number of halogens is 2. The van der Waals surface area contributed by atoms with Gasteiger partial charge in [0.1, 0.15) is 0 Å². The van der Waals surface area contributed by atoms with Gasteiger partial charge in [0.05, 0.1) is 5.38 Å². The van der Waals surface area contributed by atoms with Crippen LogP contribution in [0.25, 0.3) is 0 Å². The molecule has 0 saturated heterocycles. The van der Waals surface area contributed by atoms with E-state index < -0.39 is 0 Å². The number of aryl methyl sites for hydroxylation is 2. The predicted molar refractivity (Wildman–Crippen MR) is 88.9 cm³/mol. The summed E-state index contributed by atoms with van der Waals surface area (Å²) in [6.07, 6.45) is 2.96. The molecule has 0 fully saturated rings. The molecule has 20 heavy (non-hydrogen) atoms. The van der Waals surface area contributed by atoms with Gasteiger partial charge in [-0.1, -0.05) is 55.8 Å². The Kier molecular flexibility index (Phi) is 5.51. The maximum atomic E-state index is 6.57. The third-order valence-corrected chi connectivity index (χ3v) is 4.34. The lowest BCUT2D eigenvalue weighted by atomic mass is 9.96. The fraction of sp³-hybridized carbons (Fsp3) is 0.333. The molecule has 0 radical (unpaired) electrons. The van der Waals surface area contributed by atoms with Crippen LogP contribution in [-0.2, 0) is 19.3 Å². The molecule has 0 N–H and O–H groups in total. The highest BCUT2D eigenvalue weighted by Gasteiger charge is 2.11. The van der Waals surface area contributed by atoms with E-state index in [1.54, 1.807) is 0 Å². The monoisotopic (exact) mass is 306 g/mol. The summed E-state index contributed by atoms with van der Waals surface area (Å²) in [7, 11) is 0. The molecule has 0 aliphatic rings. The lowest BCUT2D eigenvalue weighted by Crippen LogP contribution is -1.99. The lowest BCUT2D eigenvalue weighted by molar-refractivity contribution is 0.909. The maximum Gasteiger partial charge on any atom is 0.0625 e. The standard InChI is InChI=1S/C18H20Cl2/c1-3-14-7-8-16(12-15(14)4-2)18(20)11-13-5-9-17(19)10-6-13/h5-10,12,18H,3-4,11H2,1-2H3. The smallest absolute Gasteiger partial charge is 0.0625 e. The van der Waals surface area contributed by atoms with Crippen LogP contribution in [0.5, 0.6) is 0 Å². The van der Waals surface area contributed by atoms with E-state index in [0.29, 0.717) is 0 Å². The van der Waals surface area contributed by atoms with Crippen LogP contribution in [0.4, 0.5) is 0 Å². The van der Waals surface area contributed by atoms with Gasteiger partial charge in [-0.25, -0.2) is 0 Å². The van der Waals surface area contributed by atoms with E-state index in [9.17, 15) is 0 Å². The first kappa shape index (κ1) is 15.4. The molecule has 0 bridgehead atoms. The molecule has 2 heteroatoms. The number of benzene rings is 2. The van der Waals surface area contributed by atoms with Crippen molar-refractivity contribution in [2.75, 3.05) is 0 Å². The van der Waals surface area contributed by atoms with E-state index in [-0.39, 0.29) is 5.38 Å². The molecule has 2 aromatic rings. The average molecular weight is 307 g/mol. The molecule has 0 spiro atoms. The largest absolute Gasteiger partial charge is 0.117 e. The average Bonchev–Trinajstić information content (AvgIpc) is 2.48. The summed E-state index contributed by atoms with van der Waals surface area (Å²) in [6.45, 7) is 4.39. The van der Waals surface area contributed by atoms with Crippen molar-refractivity contribution in [3.63, 3.8) is 0 Å². The molecule has 1 unspecified atom stereocenters. The zero-order valence-corrected chi connectivity index (χ0v) is 13.5. The molecule has 0 saturated carbocycles. The van der Waals surface area contributed by atoms with Gasteiger partial charge >= 0.3 is 0 Å². The minimum absolute atomic E-state index is 0.00683. The SMILES string of the molecule is CCc1ccc(C(Cl)Cc2ccc(Cl)cc2)cc1CC. The van der Waals surface area contributed by atoms with Crippen molar-refractivity contribution in [1.29, 1.82) is 0 Å². The van der Waals surface area contributed by atoms with Gasteiger partial charge in [-0.15, -0.1) is 11.6 Å². The summed E-state index contributed by atoms with van der Waals surface area (Å²) in [5.74, 6) is 0. The Labute approximate surface area is 131 Å². The summed E-state index contributed by atoms with van der Waals surface area (Å²) in [5, 5.41) is 0.771. The lowest BCUT2D eigenvalue weighted by Gasteiger charge is -2.14. The summed E-state index contributed by atoms with van der Waals surface area (Å²) in [4.78, 5) is 0. The van der Waals surface area contributed by atoms with Crippen LogP contribution in [0.2, 0.25) is 5.02 Å². The van der Waals surface area contributed by atoms with Gasteiger partial charge in [0.15, 0.2) is 0 Å². The first-order chi connectivity index (χ1) is 9.63. The highest BCUT2D eigenvalue weighted by Crippen LogP contribution is 2.27. The van der Waals surface area contributed by atoms with Crippen molar-refractivity contribution < 1.29 is 0 Å². The molecular weight excluding hydrogens is 287 g/mol. The van der Waals surface area contributed by atoms with Crippen LogP contribution in [-0.4, -0.2) is 0 Å². The molecular formula is C18H20Cl2. The fourth-order valence-electron chi connectivity index (χ4n) is 2.46. The number of alkyl halides is 1. The third kappa shape index (κ3) is 3.77. The predicted octanol–water partition coefficient (Wildman–Crippen LogP) is 5.99. The molecule has 1 atom stereocenters. The fourth-order valence-corrected chi connectivity index (χ4v) is 2.90. The Morgan fingerprint density at radius 2 is 1.55 bits per heavy atom. The first-order valence-electron chi connectivity index (χ1n) is 7.14. The summed E-state index contributed by atoms with van der Waals surface area (Å²) >= 11 is 12.5. The van der Waals surface area contributed by atoms with Crippen LogP contribution in [0.15, 0.2) is 42.5 Å². The third-order valence-electron chi connectivity index (χ3n) is 3.68. The van der Waals surface area contributed by atoms with E-state index in [0.717, 1.165) is 24.3 Å². The minimum atomic E-state index is 0.00683. The van der Waals surface area contributed by atoms with E-state index in [1.807, 2.05) is 24.3 Å². The molecule has 0 aliphatic heterocycles. The van der Waals surface area contributed by atoms with Gasteiger partial charge in [-0.05, 0) is 53.6 Å². The Bertz CT molecular complexity index is 558. The molecule has 0 aliphatic carbocycles. The minimum Gasteiger partial charge on any atom is -0.117 e. The second-order valence-electron chi connectivity index (χ2n) is 5.03. The van der Waals surface area contributed by atoms with Crippen molar-refractivity contribution in [3.05, 3.63) is 69.7 Å². The number of rotatable bonds is 5. The van der Waals surface area contributed by atoms with Crippen LogP contribution < -0.4 is 0 Å². The van der Waals surface area contributed by atoms with Gasteiger partial charge in [0, 0.05) is 5.02 Å². The van der Waals surface area contributed by atoms with Crippen molar-refractivity contribution in [1.82, 2.24) is 0 Å². The van der Waals surface area contributed by atoms with Crippen molar-refractivity contribution in [2.45, 2.75) is 38.5 Å². The Balaban J connectivity index is 2.16. The number of hydrogen-bond acceptors (Lipinski definition) is 0. The van der Waals surface area contributed by atoms with E-state index in [2.05, 4.69) is 32.0 Å². The molecule has 2 rings (SSSR count). The van der Waals surface area contributed by atoms with Crippen LogP contribution in [0.1, 0.15) is 41.5 Å². The van der Waals surface area contributed by atoms with Gasteiger partial charge in [0.2, 0.25) is 0 Å². The molecule has 2 aromatic carbocycles. The van der Waals surface area contributed by atoms with Crippen LogP contribution >= 0.6 is 23.2 Å². The first-order valence-corrected chi connectivity index (χ1v) is 7.95. The summed E-state index contributed by atoms with van der Waals surface area (Å²) < 4.78 is 0. The Morgan fingerprint density at radius 1 is 0.900 bits per heavy atom. The molecule has 0 aromatic heterocycles. The maximum absolute atomic E-state index is 6.57. The highest BCUT2D eigenvalue weighted by molar-refractivity contribution is 6.30. The Morgan fingerprint density at radius 3 is 2.15 bits per heavy atom. The summed E-state index contributed by atoms with van der Waals surface area (Å²) in [6, 6.07) is 14.5. The summed E-state index contributed by atoms with van der Waals surface area (Å²) in [5.41, 5.74) is 5.25. The zero-order chi connectivity index (χ0) is 14.5. The normalized spacial score (nSPS) is 12.4. The van der Waals surface area contributed by atoms with Gasteiger partial charge in [-0.2, -0.15) is 0 Å². The van der Waals surface area contributed by atoms with E-state index in [1.165, 1.54) is 22.3 Å². The highest BCUT2D eigenvalue weighted by atomic mass is 35.5. The molecule has 0 amide bonds. The van der Waals surface area contributed by atoms with Crippen LogP contribution in [0.3, 0.4) is 0 Å². The van der Waals surface area contributed by atoms with Crippen molar-refractivity contribution in [3.8, 4) is 0 Å². The molecule has 0 heterocycles. The van der Waals surface area contributed by atoms with Crippen molar-refractivity contribution >= 4 is 23.2 Å². The topological polar surface area (TPSA) is 0 Å². The molecule has 106 valence electrons. The molecule has 0 nitrogen and oxygen atoms in total. The van der Waals surface area contributed by atoms with E-state index >= 15 is 0 Å². The van der Waals surface area contributed by atoms with E-state index in [4.69, 9.17) is 23.2 Å². The van der Waals surface area contributed by atoms with Gasteiger partial charge in [0.25, 0.3) is 0 Å². The Hall–Kier alpha value is -0.980.